The molecule has 0 aliphatic carbocycles. The van der Waals surface area contributed by atoms with Gasteiger partial charge in [0.1, 0.15) is 0 Å². The number of carboxylic acids is 1. The standard InChI is InChI=1S/C20H38O2/c1-3-16-19(2)17-14-12-10-8-6-4-5-7-9-11-13-15-18-20(21)22/h4,6,19H,3,5,7-18H2,1-2H3,(H,21,22). The SMILES string of the molecule is CCCC(C)CCCCCC=CCCCCCCCC(=O)O. The lowest BCUT2D eigenvalue weighted by atomic mass is 9.98. The van der Waals surface area contributed by atoms with E-state index in [0.717, 1.165) is 18.8 Å². The average molecular weight is 311 g/mol. The fourth-order valence-electron chi connectivity index (χ4n) is 2.87. The van der Waals surface area contributed by atoms with E-state index < -0.39 is 5.97 Å². The highest BCUT2D eigenvalue weighted by Gasteiger charge is 1.99. The molecule has 1 unspecified atom stereocenters. The Balaban J connectivity index is 3.16. The van der Waals surface area contributed by atoms with Crippen LogP contribution >= 0.6 is 0 Å². The average Bonchev–Trinajstić information content (AvgIpc) is 2.47. The van der Waals surface area contributed by atoms with Crippen molar-refractivity contribution in [2.45, 2.75) is 104 Å². The van der Waals surface area contributed by atoms with Gasteiger partial charge in [-0.1, -0.05) is 77.4 Å². The Morgan fingerprint density at radius 3 is 2.00 bits per heavy atom. The molecule has 2 heteroatoms. The molecule has 1 N–H and O–H groups in total. The van der Waals surface area contributed by atoms with Gasteiger partial charge in [-0.15, -0.1) is 0 Å². The van der Waals surface area contributed by atoms with Gasteiger partial charge in [0.2, 0.25) is 0 Å². The summed E-state index contributed by atoms with van der Waals surface area (Å²) in [6.45, 7) is 4.66. The van der Waals surface area contributed by atoms with Crippen LogP contribution < -0.4 is 0 Å². The molecule has 0 fully saturated rings. The van der Waals surface area contributed by atoms with Crippen molar-refractivity contribution in [1.82, 2.24) is 0 Å². The Kier molecular flexibility index (Phi) is 16.0. The van der Waals surface area contributed by atoms with E-state index in [2.05, 4.69) is 26.0 Å². The molecule has 0 saturated carbocycles. The minimum atomic E-state index is -0.664. The lowest BCUT2D eigenvalue weighted by molar-refractivity contribution is -0.137. The lowest BCUT2D eigenvalue weighted by Crippen LogP contribution is -1.93. The minimum Gasteiger partial charge on any atom is -0.481 e. The summed E-state index contributed by atoms with van der Waals surface area (Å²) in [6.07, 6.45) is 21.2. The molecule has 0 aliphatic heterocycles. The Hall–Kier alpha value is -0.790. The van der Waals surface area contributed by atoms with Gasteiger partial charge in [-0.3, -0.25) is 4.79 Å². The molecule has 0 amide bonds. The van der Waals surface area contributed by atoms with Crippen LogP contribution in [0.5, 0.6) is 0 Å². The third kappa shape index (κ3) is 17.3. The molecule has 0 rings (SSSR count). The van der Waals surface area contributed by atoms with E-state index in [1.54, 1.807) is 0 Å². The van der Waals surface area contributed by atoms with Crippen LogP contribution in [0, 0.1) is 5.92 Å². The van der Waals surface area contributed by atoms with Gasteiger partial charge in [-0.2, -0.15) is 0 Å². The number of hydrogen-bond acceptors (Lipinski definition) is 1. The molecule has 0 spiro atoms. The maximum Gasteiger partial charge on any atom is 0.303 e. The number of carboxylic acid groups (broad SMARTS) is 1. The van der Waals surface area contributed by atoms with Crippen molar-refractivity contribution in [3.8, 4) is 0 Å². The first-order chi connectivity index (χ1) is 10.7. The number of hydrogen-bond donors (Lipinski definition) is 1. The summed E-state index contributed by atoms with van der Waals surface area (Å²) in [5.74, 6) is 0.249. The van der Waals surface area contributed by atoms with Crippen molar-refractivity contribution >= 4 is 5.97 Å². The number of unbranched alkanes of at least 4 members (excludes halogenated alkanes) is 8. The van der Waals surface area contributed by atoms with Gasteiger partial charge in [0.05, 0.1) is 0 Å². The Labute approximate surface area is 138 Å². The monoisotopic (exact) mass is 310 g/mol. The molecule has 0 aliphatic rings. The van der Waals surface area contributed by atoms with E-state index >= 15 is 0 Å². The quantitative estimate of drug-likeness (QED) is 0.253. The zero-order valence-electron chi connectivity index (χ0n) is 15.0. The van der Waals surface area contributed by atoms with Crippen LogP contribution in [0.15, 0.2) is 12.2 Å². The molecule has 0 bridgehead atoms. The number of carbonyl (C=O) groups is 1. The Morgan fingerprint density at radius 1 is 0.864 bits per heavy atom. The van der Waals surface area contributed by atoms with Gasteiger partial charge in [-0.25, -0.2) is 0 Å². The van der Waals surface area contributed by atoms with Crippen molar-refractivity contribution in [3.05, 3.63) is 12.2 Å². The van der Waals surface area contributed by atoms with E-state index in [9.17, 15) is 4.79 Å². The molecule has 0 aromatic carbocycles. The van der Waals surface area contributed by atoms with E-state index in [1.165, 1.54) is 70.6 Å². The van der Waals surface area contributed by atoms with Gasteiger partial charge in [0.15, 0.2) is 0 Å². The van der Waals surface area contributed by atoms with Crippen molar-refractivity contribution in [1.29, 1.82) is 0 Å². The van der Waals surface area contributed by atoms with Crippen LogP contribution in [-0.4, -0.2) is 11.1 Å². The highest BCUT2D eigenvalue weighted by atomic mass is 16.4. The predicted octanol–water partition coefficient (Wildman–Crippen LogP) is 6.74. The fraction of sp³-hybridized carbons (Fsp3) is 0.850. The van der Waals surface area contributed by atoms with Crippen LogP contribution in [0.25, 0.3) is 0 Å². The zero-order chi connectivity index (χ0) is 16.5. The summed E-state index contributed by atoms with van der Waals surface area (Å²) in [5.41, 5.74) is 0. The smallest absolute Gasteiger partial charge is 0.303 e. The third-order valence-electron chi connectivity index (χ3n) is 4.28. The second-order valence-corrected chi connectivity index (χ2v) is 6.70. The summed E-state index contributed by atoms with van der Waals surface area (Å²) in [4.78, 5) is 10.4. The van der Waals surface area contributed by atoms with Crippen LogP contribution in [0.4, 0.5) is 0 Å². The third-order valence-corrected chi connectivity index (χ3v) is 4.28. The topological polar surface area (TPSA) is 37.3 Å². The van der Waals surface area contributed by atoms with Gasteiger partial charge < -0.3 is 5.11 Å². The summed E-state index contributed by atoms with van der Waals surface area (Å²) in [7, 11) is 0. The molecular formula is C20H38O2. The molecule has 130 valence electrons. The van der Waals surface area contributed by atoms with E-state index in [1.807, 2.05) is 0 Å². The van der Waals surface area contributed by atoms with E-state index in [4.69, 9.17) is 5.11 Å². The predicted molar refractivity (Wildman–Crippen MR) is 96.3 cm³/mol. The lowest BCUT2D eigenvalue weighted by Gasteiger charge is -2.08. The summed E-state index contributed by atoms with van der Waals surface area (Å²) in [5, 5.41) is 8.53. The molecule has 0 radical (unpaired) electrons. The molecule has 2 nitrogen and oxygen atoms in total. The summed E-state index contributed by atoms with van der Waals surface area (Å²) >= 11 is 0. The van der Waals surface area contributed by atoms with Gasteiger partial charge in [0.25, 0.3) is 0 Å². The highest BCUT2D eigenvalue weighted by Crippen LogP contribution is 2.15. The maximum atomic E-state index is 10.4. The Bertz CT molecular complexity index is 271. The number of aliphatic carboxylic acids is 1. The Morgan fingerprint density at radius 2 is 1.41 bits per heavy atom. The first-order valence-electron chi connectivity index (χ1n) is 9.53. The molecule has 0 saturated heterocycles. The van der Waals surface area contributed by atoms with Crippen molar-refractivity contribution in [2.24, 2.45) is 5.92 Å². The van der Waals surface area contributed by atoms with Crippen molar-refractivity contribution in [2.75, 3.05) is 0 Å². The number of allylic oxidation sites excluding steroid dienone is 2. The first kappa shape index (κ1) is 21.2. The minimum absolute atomic E-state index is 0.330. The van der Waals surface area contributed by atoms with Gasteiger partial charge >= 0.3 is 5.97 Å². The molecule has 0 aromatic rings. The van der Waals surface area contributed by atoms with Crippen LogP contribution in [0.2, 0.25) is 0 Å². The van der Waals surface area contributed by atoms with Gasteiger partial charge in [0, 0.05) is 6.42 Å². The zero-order valence-corrected chi connectivity index (χ0v) is 15.0. The van der Waals surface area contributed by atoms with E-state index in [0.29, 0.717) is 6.42 Å². The first-order valence-corrected chi connectivity index (χ1v) is 9.53. The maximum absolute atomic E-state index is 10.4. The second-order valence-electron chi connectivity index (χ2n) is 6.70. The van der Waals surface area contributed by atoms with Gasteiger partial charge in [-0.05, 0) is 38.0 Å². The summed E-state index contributed by atoms with van der Waals surface area (Å²) < 4.78 is 0. The van der Waals surface area contributed by atoms with Crippen LogP contribution in [0.3, 0.4) is 0 Å². The normalized spacial score (nSPS) is 12.8. The van der Waals surface area contributed by atoms with Crippen molar-refractivity contribution in [3.63, 3.8) is 0 Å². The fourth-order valence-corrected chi connectivity index (χ4v) is 2.87. The van der Waals surface area contributed by atoms with Crippen LogP contribution in [0.1, 0.15) is 104 Å². The summed E-state index contributed by atoms with van der Waals surface area (Å²) in [6, 6.07) is 0. The molecule has 22 heavy (non-hydrogen) atoms. The largest absolute Gasteiger partial charge is 0.481 e. The van der Waals surface area contributed by atoms with Crippen molar-refractivity contribution < 1.29 is 9.90 Å². The van der Waals surface area contributed by atoms with Crippen LogP contribution in [-0.2, 0) is 4.79 Å². The molecular weight excluding hydrogens is 272 g/mol. The molecule has 1 atom stereocenters. The number of rotatable bonds is 16. The molecule has 0 aromatic heterocycles. The van der Waals surface area contributed by atoms with E-state index in [-0.39, 0.29) is 0 Å². The molecule has 0 heterocycles. The highest BCUT2D eigenvalue weighted by molar-refractivity contribution is 5.66. The second kappa shape index (κ2) is 16.6.